The fourth-order valence-corrected chi connectivity index (χ4v) is 8.28. The molecular weight excluding hydrogens is 721 g/mol. The highest BCUT2D eigenvalue weighted by Gasteiger charge is 2.39. The van der Waals surface area contributed by atoms with E-state index in [1.54, 1.807) is 4.90 Å². The van der Waals surface area contributed by atoms with Gasteiger partial charge in [-0.1, -0.05) is 24.3 Å². The maximum Gasteiger partial charge on any atom is 0.255 e. The summed E-state index contributed by atoms with van der Waals surface area (Å²) >= 11 is 0. The summed E-state index contributed by atoms with van der Waals surface area (Å²) in [5, 5.41) is 10.1. The van der Waals surface area contributed by atoms with Gasteiger partial charge in [0.05, 0.1) is 5.52 Å². The monoisotopic (exact) mass is 766 g/mol. The number of benzene rings is 3. The summed E-state index contributed by atoms with van der Waals surface area (Å²) in [6.07, 6.45) is 4.34. The number of hydrogen-bond acceptors (Lipinski definition) is 12. The van der Waals surface area contributed by atoms with E-state index < -0.39 is 6.04 Å². The first-order valence-electron chi connectivity index (χ1n) is 19.7. The Morgan fingerprint density at radius 2 is 1.79 bits per heavy atom. The van der Waals surface area contributed by atoms with E-state index in [0.29, 0.717) is 37.0 Å². The van der Waals surface area contributed by atoms with Crippen LogP contribution in [0.15, 0.2) is 73.1 Å². The molecule has 3 amide bonds. The molecule has 3 aromatic carbocycles. The second-order valence-electron chi connectivity index (χ2n) is 15.3. The van der Waals surface area contributed by atoms with Gasteiger partial charge in [0, 0.05) is 106 Å². The number of nitrogens with zero attached hydrogens (tertiary/aromatic N) is 7. The van der Waals surface area contributed by atoms with Crippen molar-refractivity contribution in [2.75, 3.05) is 75.0 Å². The predicted molar refractivity (Wildman–Crippen MR) is 219 cm³/mol. The van der Waals surface area contributed by atoms with Crippen LogP contribution in [0.2, 0.25) is 0 Å². The third kappa shape index (κ3) is 7.57. The van der Waals surface area contributed by atoms with Gasteiger partial charge in [0.1, 0.15) is 18.3 Å². The van der Waals surface area contributed by atoms with Crippen LogP contribution in [0.4, 0.5) is 23.0 Å². The Kier molecular flexibility index (Phi) is 9.89. The maximum absolute atomic E-state index is 13.1. The van der Waals surface area contributed by atoms with Gasteiger partial charge >= 0.3 is 0 Å². The van der Waals surface area contributed by atoms with Crippen molar-refractivity contribution in [3.05, 3.63) is 95.3 Å². The molecule has 6 heterocycles. The standard InChI is InChI=1S/C43H46N10O4/c1-27-35(24-45-41-39(27)44-13-20-57-41)29-5-6-30-23-46-43(48-36(30)22-29)47-32-7-3-28(4-8-32)25-50(2)14-15-51-16-18-52(19-17-51)33-9-10-34-31(21-33)26-53(42(34)56)37-11-12-38(54)49-40(37)55/h3-10,21-24,37,44H,11-20,25-26H2,1-2H3,(H,46,47,48)(H,49,54,55). The third-order valence-corrected chi connectivity index (χ3v) is 11.5. The van der Waals surface area contributed by atoms with Crippen LogP contribution < -0.4 is 25.6 Å². The van der Waals surface area contributed by atoms with Gasteiger partial charge in [-0.3, -0.25) is 24.6 Å². The molecule has 2 aromatic heterocycles. The number of carbonyl (C=O) groups excluding carboxylic acids is 3. The van der Waals surface area contributed by atoms with Crippen molar-refractivity contribution in [1.82, 2.24) is 35.0 Å². The molecule has 4 aliphatic rings. The summed E-state index contributed by atoms with van der Waals surface area (Å²) in [6.45, 7) is 10.4. The second-order valence-corrected chi connectivity index (χ2v) is 15.3. The minimum Gasteiger partial charge on any atom is -0.474 e. The van der Waals surface area contributed by atoms with E-state index in [4.69, 9.17) is 9.72 Å². The molecule has 9 rings (SSSR count). The quantitative estimate of drug-likeness (QED) is 0.171. The van der Waals surface area contributed by atoms with E-state index >= 15 is 0 Å². The molecule has 0 aliphatic carbocycles. The highest BCUT2D eigenvalue weighted by atomic mass is 16.5. The Bertz CT molecular complexity index is 2360. The number of fused-ring (bicyclic) bond motifs is 3. The second kappa shape index (κ2) is 15.4. The van der Waals surface area contributed by atoms with Crippen LogP contribution in [-0.4, -0.2) is 113 Å². The molecule has 0 spiro atoms. The minimum atomic E-state index is -0.598. The van der Waals surface area contributed by atoms with Gasteiger partial charge in [-0.25, -0.2) is 15.0 Å². The molecule has 14 nitrogen and oxygen atoms in total. The zero-order valence-corrected chi connectivity index (χ0v) is 32.3. The summed E-state index contributed by atoms with van der Waals surface area (Å²) in [7, 11) is 2.16. The van der Waals surface area contributed by atoms with Gasteiger partial charge in [0.15, 0.2) is 0 Å². The molecule has 1 unspecified atom stereocenters. The van der Waals surface area contributed by atoms with Crippen molar-refractivity contribution in [2.45, 2.75) is 38.9 Å². The topological polar surface area (TPSA) is 148 Å². The molecule has 0 radical (unpaired) electrons. The number of pyridine rings is 1. The van der Waals surface area contributed by atoms with Gasteiger partial charge in [-0.2, -0.15) is 0 Å². The molecule has 0 bridgehead atoms. The van der Waals surface area contributed by atoms with Crippen molar-refractivity contribution in [3.63, 3.8) is 0 Å². The zero-order valence-electron chi connectivity index (χ0n) is 32.3. The van der Waals surface area contributed by atoms with Crippen LogP contribution in [0.3, 0.4) is 0 Å². The van der Waals surface area contributed by atoms with Gasteiger partial charge < -0.3 is 30.1 Å². The average molecular weight is 767 g/mol. The lowest BCUT2D eigenvalue weighted by atomic mass is 10.00. The molecule has 292 valence electrons. The molecule has 14 heteroatoms. The van der Waals surface area contributed by atoms with E-state index in [1.165, 1.54) is 5.56 Å². The molecule has 2 fully saturated rings. The van der Waals surface area contributed by atoms with Gasteiger partial charge in [0.25, 0.3) is 5.91 Å². The number of nitrogens with one attached hydrogen (secondary N) is 3. The smallest absolute Gasteiger partial charge is 0.255 e. The number of hydrogen-bond donors (Lipinski definition) is 3. The largest absolute Gasteiger partial charge is 0.474 e. The Morgan fingerprint density at radius 3 is 2.61 bits per heavy atom. The molecule has 3 N–H and O–H groups in total. The molecular formula is C43H46N10O4. The van der Waals surface area contributed by atoms with E-state index in [2.05, 4.69) is 97.1 Å². The number of ether oxygens (including phenoxy) is 1. The fraction of sp³-hybridized carbons (Fsp3) is 0.349. The van der Waals surface area contributed by atoms with Crippen LogP contribution in [0.25, 0.3) is 22.0 Å². The minimum absolute atomic E-state index is 0.137. The first kappa shape index (κ1) is 36.5. The van der Waals surface area contributed by atoms with Crippen LogP contribution in [0.1, 0.15) is 39.9 Å². The Balaban J connectivity index is 0.747. The fourth-order valence-electron chi connectivity index (χ4n) is 8.28. The third-order valence-electron chi connectivity index (χ3n) is 11.5. The van der Waals surface area contributed by atoms with E-state index in [1.807, 2.05) is 30.6 Å². The van der Waals surface area contributed by atoms with Crippen molar-refractivity contribution in [3.8, 4) is 17.0 Å². The van der Waals surface area contributed by atoms with Crippen molar-refractivity contribution in [1.29, 1.82) is 0 Å². The van der Waals surface area contributed by atoms with Crippen molar-refractivity contribution >= 4 is 51.6 Å². The number of aromatic nitrogens is 3. The lowest BCUT2D eigenvalue weighted by Crippen LogP contribution is -2.52. The Hall–Kier alpha value is -6.12. The highest BCUT2D eigenvalue weighted by Crippen LogP contribution is 2.36. The van der Waals surface area contributed by atoms with Gasteiger partial charge in [-0.15, -0.1) is 0 Å². The van der Waals surface area contributed by atoms with Crippen molar-refractivity contribution in [2.24, 2.45) is 0 Å². The van der Waals surface area contributed by atoms with Crippen LogP contribution in [0.5, 0.6) is 5.88 Å². The summed E-state index contributed by atoms with van der Waals surface area (Å²) < 4.78 is 5.71. The van der Waals surface area contributed by atoms with Crippen LogP contribution >= 0.6 is 0 Å². The summed E-state index contributed by atoms with van der Waals surface area (Å²) in [5.74, 6) is 0.402. The molecule has 57 heavy (non-hydrogen) atoms. The normalized spacial score (nSPS) is 18.3. The van der Waals surface area contributed by atoms with E-state index in [0.717, 1.165) is 103 Å². The number of carbonyl (C=O) groups is 3. The average Bonchev–Trinajstić information content (AvgIpc) is 3.55. The van der Waals surface area contributed by atoms with Crippen LogP contribution in [0, 0.1) is 6.92 Å². The van der Waals surface area contributed by atoms with Crippen LogP contribution in [-0.2, 0) is 22.7 Å². The summed E-state index contributed by atoms with van der Waals surface area (Å²) in [4.78, 5) is 60.0. The number of imide groups is 1. The molecule has 1 atom stereocenters. The highest BCUT2D eigenvalue weighted by molar-refractivity contribution is 6.05. The molecule has 2 saturated heterocycles. The maximum atomic E-state index is 13.1. The predicted octanol–water partition coefficient (Wildman–Crippen LogP) is 4.56. The van der Waals surface area contributed by atoms with Crippen molar-refractivity contribution < 1.29 is 19.1 Å². The number of amides is 3. The lowest BCUT2D eigenvalue weighted by molar-refractivity contribution is -0.136. The number of anilines is 4. The summed E-state index contributed by atoms with van der Waals surface area (Å²) in [5.41, 5.74) is 9.84. The number of rotatable bonds is 10. The zero-order chi connectivity index (χ0) is 39.0. The number of piperidine rings is 1. The van der Waals surface area contributed by atoms with E-state index in [-0.39, 0.29) is 24.1 Å². The molecule has 5 aromatic rings. The first-order valence-corrected chi connectivity index (χ1v) is 19.7. The van der Waals surface area contributed by atoms with Gasteiger partial charge in [0.2, 0.25) is 23.6 Å². The Labute approximate surface area is 331 Å². The number of piperazine rings is 1. The SMILES string of the molecule is Cc1c(-c2ccc3cnc(Nc4ccc(CN(C)CCN5CCN(c6ccc7c(c6)CN(C6CCC(=O)NC6=O)C7=O)CC5)cc4)nc3c2)cnc2c1NCCO2. The summed E-state index contributed by atoms with van der Waals surface area (Å²) in [6, 6.07) is 20.1. The first-order chi connectivity index (χ1) is 27.8. The Morgan fingerprint density at radius 1 is 0.947 bits per heavy atom. The van der Waals surface area contributed by atoms with Gasteiger partial charge in [-0.05, 0) is 79.0 Å². The van der Waals surface area contributed by atoms with E-state index in [9.17, 15) is 14.4 Å². The molecule has 4 aliphatic heterocycles. The number of likely N-dealkylation sites (N-methyl/N-ethyl adjacent to an activating group) is 1. The molecule has 0 saturated carbocycles. The lowest BCUT2D eigenvalue weighted by Gasteiger charge is -2.37.